The molecule has 0 amide bonds. The van der Waals surface area contributed by atoms with Gasteiger partial charge in [-0.1, -0.05) is 54.9 Å². The molecule has 0 saturated carbocycles. The molecule has 5 rings (SSSR count). The van der Waals surface area contributed by atoms with Gasteiger partial charge in [0.25, 0.3) is 11.2 Å². The van der Waals surface area contributed by atoms with Crippen LogP contribution in [0.3, 0.4) is 0 Å². The van der Waals surface area contributed by atoms with Crippen LogP contribution in [0.1, 0.15) is 37.9 Å². The van der Waals surface area contributed by atoms with Crippen molar-refractivity contribution >= 4 is 49.6 Å². The highest BCUT2D eigenvalue weighted by Crippen LogP contribution is 2.28. The number of benzene rings is 2. The van der Waals surface area contributed by atoms with Crippen LogP contribution in [0.15, 0.2) is 75.2 Å². The number of fused-ring (bicyclic) bond motifs is 2. The van der Waals surface area contributed by atoms with Crippen LogP contribution in [-0.2, 0) is 5.41 Å². The van der Waals surface area contributed by atoms with Gasteiger partial charge >= 0.3 is 0 Å². The third-order valence-corrected chi connectivity index (χ3v) is 6.61. The summed E-state index contributed by atoms with van der Waals surface area (Å²) in [5.41, 5.74) is 2.33. The second kappa shape index (κ2) is 9.04. The standard InChI is InChI=1S/C27H23BrN6O3/c1-16-21(19-7-5-6-8-23(19)32(16)24-12-10-18(14-29-24)34(36)37)15-30-33-25(35)20-13-17(28)9-11-22(20)31-26(33)27(2,3)4/h5-15H,1-4H3. The van der Waals surface area contributed by atoms with E-state index in [1.807, 2.05) is 68.7 Å². The van der Waals surface area contributed by atoms with Crippen LogP contribution >= 0.6 is 15.9 Å². The van der Waals surface area contributed by atoms with E-state index in [9.17, 15) is 14.9 Å². The molecule has 0 atom stereocenters. The molecular formula is C27H23BrN6O3. The molecule has 0 spiro atoms. The minimum Gasteiger partial charge on any atom is -0.298 e. The lowest BCUT2D eigenvalue weighted by molar-refractivity contribution is -0.385. The number of para-hydroxylation sites is 1. The van der Waals surface area contributed by atoms with E-state index in [1.54, 1.807) is 18.3 Å². The molecule has 0 fully saturated rings. The van der Waals surface area contributed by atoms with E-state index in [-0.39, 0.29) is 11.2 Å². The number of nitro groups is 1. The zero-order valence-corrected chi connectivity index (χ0v) is 22.2. The Labute approximate surface area is 220 Å². The van der Waals surface area contributed by atoms with E-state index in [0.29, 0.717) is 22.5 Å². The van der Waals surface area contributed by atoms with E-state index in [2.05, 4.69) is 26.0 Å². The molecule has 0 unspecified atom stereocenters. The van der Waals surface area contributed by atoms with Gasteiger partial charge in [0.05, 0.1) is 27.6 Å². The van der Waals surface area contributed by atoms with Crippen molar-refractivity contribution in [3.05, 3.63) is 103 Å². The van der Waals surface area contributed by atoms with Crippen molar-refractivity contribution in [2.45, 2.75) is 33.1 Å². The number of hydrogen-bond acceptors (Lipinski definition) is 6. The molecule has 0 aliphatic carbocycles. The normalized spacial score (nSPS) is 12.1. The topological polar surface area (TPSA) is 108 Å². The fraction of sp³-hybridized carbons (Fsp3) is 0.185. The molecule has 186 valence electrons. The predicted molar refractivity (Wildman–Crippen MR) is 148 cm³/mol. The molecule has 0 bridgehead atoms. The van der Waals surface area contributed by atoms with Crippen molar-refractivity contribution < 1.29 is 4.92 Å². The van der Waals surface area contributed by atoms with Crippen molar-refractivity contribution in [1.82, 2.24) is 19.2 Å². The molecule has 0 radical (unpaired) electrons. The van der Waals surface area contributed by atoms with Crippen molar-refractivity contribution in [3.8, 4) is 5.82 Å². The molecule has 0 saturated heterocycles. The van der Waals surface area contributed by atoms with Gasteiger partial charge in [0.1, 0.15) is 17.8 Å². The maximum Gasteiger partial charge on any atom is 0.287 e. The van der Waals surface area contributed by atoms with Gasteiger partial charge in [0.15, 0.2) is 0 Å². The first-order valence-electron chi connectivity index (χ1n) is 11.5. The maximum atomic E-state index is 13.5. The average Bonchev–Trinajstić information content (AvgIpc) is 3.14. The van der Waals surface area contributed by atoms with Gasteiger partial charge < -0.3 is 0 Å². The first-order valence-corrected chi connectivity index (χ1v) is 12.3. The molecule has 2 aromatic carbocycles. The number of hydrogen-bond donors (Lipinski definition) is 0. The summed E-state index contributed by atoms with van der Waals surface area (Å²) in [7, 11) is 0. The molecule has 9 nitrogen and oxygen atoms in total. The summed E-state index contributed by atoms with van der Waals surface area (Å²) in [5.74, 6) is 1.09. The number of pyridine rings is 1. The lowest BCUT2D eigenvalue weighted by Gasteiger charge is -2.20. The van der Waals surface area contributed by atoms with Gasteiger partial charge in [0, 0.05) is 32.6 Å². The fourth-order valence-corrected chi connectivity index (χ4v) is 4.69. The van der Waals surface area contributed by atoms with Crippen molar-refractivity contribution in [3.63, 3.8) is 0 Å². The SMILES string of the molecule is Cc1c(C=Nn2c(C(C)(C)C)nc3ccc(Br)cc3c2=O)c2ccccc2n1-c1ccc([N+](=O)[O-])cn1. The average molecular weight is 559 g/mol. The number of nitrogens with zero attached hydrogens (tertiary/aromatic N) is 6. The Morgan fingerprint density at radius 1 is 1.08 bits per heavy atom. The van der Waals surface area contributed by atoms with Gasteiger partial charge in [-0.3, -0.25) is 19.5 Å². The van der Waals surface area contributed by atoms with Crippen molar-refractivity contribution in [2.24, 2.45) is 5.10 Å². The predicted octanol–water partition coefficient (Wildman–Crippen LogP) is 5.89. The monoisotopic (exact) mass is 558 g/mol. The van der Waals surface area contributed by atoms with E-state index >= 15 is 0 Å². The van der Waals surface area contributed by atoms with Crippen LogP contribution in [-0.4, -0.2) is 30.3 Å². The maximum absolute atomic E-state index is 13.5. The summed E-state index contributed by atoms with van der Waals surface area (Å²) in [6.45, 7) is 7.89. The highest BCUT2D eigenvalue weighted by Gasteiger charge is 2.23. The zero-order valence-electron chi connectivity index (χ0n) is 20.6. The van der Waals surface area contributed by atoms with Gasteiger partial charge in [-0.05, 0) is 37.3 Å². The molecule has 3 aromatic heterocycles. The molecule has 37 heavy (non-hydrogen) atoms. The quantitative estimate of drug-likeness (QED) is 0.155. The lowest BCUT2D eigenvalue weighted by Crippen LogP contribution is -2.29. The Hall–Kier alpha value is -4.18. The Balaban J connectivity index is 1.72. The Morgan fingerprint density at radius 2 is 1.84 bits per heavy atom. The van der Waals surface area contributed by atoms with Crippen LogP contribution in [0.5, 0.6) is 0 Å². The van der Waals surface area contributed by atoms with E-state index < -0.39 is 10.3 Å². The summed E-state index contributed by atoms with van der Waals surface area (Å²) in [6, 6.07) is 16.2. The molecule has 10 heteroatoms. The van der Waals surface area contributed by atoms with Gasteiger partial charge in [-0.15, -0.1) is 0 Å². The second-order valence-corrected chi connectivity index (χ2v) is 10.6. The number of halogens is 1. The Morgan fingerprint density at radius 3 is 2.51 bits per heavy atom. The fourth-order valence-electron chi connectivity index (χ4n) is 4.33. The molecular weight excluding hydrogens is 536 g/mol. The van der Waals surface area contributed by atoms with Crippen LogP contribution in [0, 0.1) is 17.0 Å². The molecule has 3 heterocycles. The Bertz CT molecular complexity index is 1780. The van der Waals surface area contributed by atoms with Crippen molar-refractivity contribution in [1.29, 1.82) is 0 Å². The van der Waals surface area contributed by atoms with Crippen LogP contribution < -0.4 is 5.56 Å². The van der Waals surface area contributed by atoms with E-state index in [1.165, 1.54) is 16.9 Å². The first kappa shape index (κ1) is 24.5. The minimum atomic E-state index is -0.476. The molecule has 5 aromatic rings. The number of rotatable bonds is 4. The molecule has 0 aliphatic heterocycles. The smallest absolute Gasteiger partial charge is 0.287 e. The minimum absolute atomic E-state index is 0.0795. The highest BCUT2D eigenvalue weighted by atomic mass is 79.9. The summed E-state index contributed by atoms with van der Waals surface area (Å²) >= 11 is 3.44. The molecule has 0 aliphatic rings. The van der Waals surface area contributed by atoms with Gasteiger partial charge in [-0.2, -0.15) is 9.78 Å². The summed E-state index contributed by atoms with van der Waals surface area (Å²) in [5, 5.41) is 17.1. The third-order valence-electron chi connectivity index (χ3n) is 6.11. The largest absolute Gasteiger partial charge is 0.298 e. The summed E-state index contributed by atoms with van der Waals surface area (Å²) in [6.07, 6.45) is 2.91. The van der Waals surface area contributed by atoms with Crippen LogP contribution in [0.4, 0.5) is 5.69 Å². The van der Waals surface area contributed by atoms with E-state index in [4.69, 9.17) is 4.98 Å². The summed E-state index contributed by atoms with van der Waals surface area (Å²) < 4.78 is 4.07. The summed E-state index contributed by atoms with van der Waals surface area (Å²) in [4.78, 5) is 33.3. The van der Waals surface area contributed by atoms with Crippen LogP contribution in [0.25, 0.3) is 27.6 Å². The van der Waals surface area contributed by atoms with Gasteiger partial charge in [0.2, 0.25) is 0 Å². The number of aromatic nitrogens is 4. The second-order valence-electron chi connectivity index (χ2n) is 9.69. The zero-order chi connectivity index (χ0) is 26.5. The van der Waals surface area contributed by atoms with E-state index in [0.717, 1.165) is 26.6 Å². The first-order chi connectivity index (χ1) is 17.6. The van der Waals surface area contributed by atoms with Crippen molar-refractivity contribution in [2.75, 3.05) is 0 Å². The Kier molecular flexibility index (Phi) is 5.99. The van der Waals surface area contributed by atoms with Crippen LogP contribution in [0.2, 0.25) is 0 Å². The highest BCUT2D eigenvalue weighted by molar-refractivity contribution is 9.10. The lowest BCUT2D eigenvalue weighted by atomic mass is 9.95. The van der Waals surface area contributed by atoms with Gasteiger partial charge in [-0.25, -0.2) is 9.97 Å². The molecule has 0 N–H and O–H groups in total. The third kappa shape index (κ3) is 4.33.